The standard InChI is InChI=1S/C21H28N2O3S/c1-3-27(24,25)18-7-9-21(26-2)19(11-18)20-8-6-17(22-20)14-23-12-15-4-5-16(10-15)13-23/h6-9,11,15-16,22H,3-5,10,12-14H2,1-2H3. The number of rotatable bonds is 6. The Balaban J connectivity index is 1.58. The van der Waals surface area contributed by atoms with E-state index in [1.807, 2.05) is 6.07 Å². The van der Waals surface area contributed by atoms with Gasteiger partial charge in [0.25, 0.3) is 0 Å². The lowest BCUT2D eigenvalue weighted by molar-refractivity contribution is 0.159. The number of fused-ring (bicyclic) bond motifs is 2. The fraction of sp³-hybridized carbons (Fsp3) is 0.524. The van der Waals surface area contributed by atoms with Crippen LogP contribution >= 0.6 is 0 Å². The number of hydrogen-bond acceptors (Lipinski definition) is 4. The predicted octanol–water partition coefficient (Wildman–Crippen LogP) is 3.72. The first-order valence-electron chi connectivity index (χ1n) is 9.80. The van der Waals surface area contributed by atoms with Gasteiger partial charge in [-0.3, -0.25) is 4.90 Å². The molecule has 0 spiro atoms. The normalized spacial score (nSPS) is 22.9. The number of nitrogens with one attached hydrogen (secondary N) is 1. The van der Waals surface area contributed by atoms with Crippen molar-refractivity contribution in [1.82, 2.24) is 9.88 Å². The van der Waals surface area contributed by atoms with Gasteiger partial charge in [0.1, 0.15) is 5.75 Å². The van der Waals surface area contributed by atoms with E-state index in [2.05, 4.69) is 16.0 Å². The van der Waals surface area contributed by atoms with Gasteiger partial charge in [-0.25, -0.2) is 8.42 Å². The first kappa shape index (κ1) is 18.6. The molecule has 0 radical (unpaired) electrons. The van der Waals surface area contributed by atoms with Gasteiger partial charge in [0.2, 0.25) is 0 Å². The monoisotopic (exact) mass is 388 g/mol. The highest BCUT2D eigenvalue weighted by Crippen LogP contribution is 2.37. The summed E-state index contributed by atoms with van der Waals surface area (Å²) in [4.78, 5) is 6.37. The Morgan fingerprint density at radius 1 is 1.15 bits per heavy atom. The third-order valence-electron chi connectivity index (χ3n) is 6.02. The van der Waals surface area contributed by atoms with Crippen LogP contribution in [-0.4, -0.2) is 44.3 Å². The lowest BCUT2D eigenvalue weighted by atomic mass is 9.99. The molecule has 5 nitrogen and oxygen atoms in total. The second kappa shape index (κ2) is 7.32. The van der Waals surface area contributed by atoms with E-state index in [9.17, 15) is 8.42 Å². The van der Waals surface area contributed by atoms with Crippen molar-refractivity contribution in [1.29, 1.82) is 0 Å². The van der Waals surface area contributed by atoms with Crippen LogP contribution in [0.1, 0.15) is 31.9 Å². The zero-order chi connectivity index (χ0) is 19.0. The molecule has 1 aromatic heterocycles. The third-order valence-corrected chi connectivity index (χ3v) is 7.76. The summed E-state index contributed by atoms with van der Waals surface area (Å²) in [6.45, 7) is 4.97. The van der Waals surface area contributed by atoms with Crippen molar-refractivity contribution < 1.29 is 13.2 Å². The largest absolute Gasteiger partial charge is 0.496 e. The van der Waals surface area contributed by atoms with E-state index in [1.165, 1.54) is 32.4 Å². The molecule has 4 rings (SSSR count). The Kier molecular flexibility index (Phi) is 5.03. The van der Waals surface area contributed by atoms with Crippen molar-refractivity contribution >= 4 is 9.84 Å². The van der Waals surface area contributed by atoms with Gasteiger partial charge >= 0.3 is 0 Å². The average molecular weight is 389 g/mol. The van der Waals surface area contributed by atoms with Gasteiger partial charge in [0.05, 0.1) is 17.8 Å². The number of H-pyrrole nitrogens is 1. The second-order valence-corrected chi connectivity index (χ2v) is 10.2. The van der Waals surface area contributed by atoms with Crippen LogP contribution in [0.15, 0.2) is 35.2 Å². The van der Waals surface area contributed by atoms with Crippen molar-refractivity contribution in [2.45, 2.75) is 37.6 Å². The van der Waals surface area contributed by atoms with E-state index in [-0.39, 0.29) is 5.75 Å². The fourth-order valence-corrected chi connectivity index (χ4v) is 5.54. The topological polar surface area (TPSA) is 62.4 Å². The molecule has 1 aliphatic heterocycles. The summed E-state index contributed by atoms with van der Waals surface area (Å²) in [7, 11) is -1.64. The molecule has 2 bridgehead atoms. The number of benzene rings is 1. The first-order chi connectivity index (χ1) is 13.0. The van der Waals surface area contributed by atoms with Crippen LogP contribution in [0.4, 0.5) is 0 Å². The summed E-state index contributed by atoms with van der Waals surface area (Å²) in [6.07, 6.45) is 4.17. The minimum absolute atomic E-state index is 0.0893. The summed E-state index contributed by atoms with van der Waals surface area (Å²) in [5, 5.41) is 0. The van der Waals surface area contributed by atoms with Crippen LogP contribution in [0.5, 0.6) is 5.75 Å². The molecule has 2 aromatic rings. The van der Waals surface area contributed by atoms with Gasteiger partial charge in [-0.2, -0.15) is 0 Å². The van der Waals surface area contributed by atoms with Crippen molar-refractivity contribution in [3.05, 3.63) is 36.0 Å². The maximum atomic E-state index is 12.3. The number of nitrogens with zero attached hydrogens (tertiary/aromatic N) is 1. The highest BCUT2D eigenvalue weighted by molar-refractivity contribution is 7.91. The predicted molar refractivity (Wildman–Crippen MR) is 107 cm³/mol. The average Bonchev–Trinajstić information content (AvgIpc) is 3.27. The summed E-state index contributed by atoms with van der Waals surface area (Å²) in [5.41, 5.74) is 2.85. The maximum absolute atomic E-state index is 12.3. The fourth-order valence-electron chi connectivity index (χ4n) is 4.63. The van der Waals surface area contributed by atoms with Crippen molar-refractivity contribution in [3.8, 4) is 17.0 Å². The number of piperidine rings is 1. The lowest BCUT2D eigenvalue weighted by Gasteiger charge is -2.31. The van der Waals surface area contributed by atoms with E-state index in [0.717, 1.165) is 35.3 Å². The molecule has 1 saturated heterocycles. The Labute approximate surface area is 161 Å². The molecule has 2 fully saturated rings. The molecule has 1 aliphatic carbocycles. The number of aromatic nitrogens is 1. The van der Waals surface area contributed by atoms with E-state index in [1.54, 1.807) is 32.2 Å². The molecule has 2 aliphatic rings. The SMILES string of the molecule is CCS(=O)(=O)c1ccc(OC)c(-c2ccc(CN3CC4CCC(C4)C3)[nH]2)c1. The molecule has 146 valence electrons. The first-order valence-corrected chi connectivity index (χ1v) is 11.4. The summed E-state index contributed by atoms with van der Waals surface area (Å²) in [6, 6.07) is 9.20. The van der Waals surface area contributed by atoms with Crippen LogP contribution in [0.2, 0.25) is 0 Å². The van der Waals surface area contributed by atoms with Crippen molar-refractivity contribution in [3.63, 3.8) is 0 Å². The summed E-state index contributed by atoms with van der Waals surface area (Å²) >= 11 is 0. The summed E-state index contributed by atoms with van der Waals surface area (Å²) in [5.74, 6) is 2.50. The number of sulfone groups is 1. The van der Waals surface area contributed by atoms with Gasteiger partial charge < -0.3 is 9.72 Å². The Hall–Kier alpha value is -1.79. The Morgan fingerprint density at radius 2 is 1.89 bits per heavy atom. The molecule has 1 saturated carbocycles. The van der Waals surface area contributed by atoms with Gasteiger partial charge in [0.15, 0.2) is 9.84 Å². The Bertz CT molecular complexity index is 907. The van der Waals surface area contributed by atoms with E-state index in [4.69, 9.17) is 4.74 Å². The highest BCUT2D eigenvalue weighted by Gasteiger charge is 2.32. The molecule has 2 atom stereocenters. The van der Waals surface area contributed by atoms with E-state index in [0.29, 0.717) is 10.6 Å². The maximum Gasteiger partial charge on any atom is 0.178 e. The van der Waals surface area contributed by atoms with Crippen molar-refractivity contribution in [2.24, 2.45) is 11.8 Å². The molecule has 1 aromatic carbocycles. The molecule has 27 heavy (non-hydrogen) atoms. The number of hydrogen-bond donors (Lipinski definition) is 1. The minimum Gasteiger partial charge on any atom is -0.496 e. The van der Waals surface area contributed by atoms with E-state index < -0.39 is 9.84 Å². The van der Waals surface area contributed by atoms with E-state index >= 15 is 0 Å². The van der Waals surface area contributed by atoms with Crippen LogP contribution < -0.4 is 4.74 Å². The molecular weight excluding hydrogens is 360 g/mol. The van der Waals surface area contributed by atoms with Crippen molar-refractivity contribution in [2.75, 3.05) is 26.0 Å². The van der Waals surface area contributed by atoms with Crippen LogP contribution in [0.3, 0.4) is 0 Å². The molecule has 0 amide bonds. The van der Waals surface area contributed by atoms with Gasteiger partial charge in [-0.05, 0) is 61.4 Å². The van der Waals surface area contributed by atoms with Gasteiger partial charge in [-0.15, -0.1) is 0 Å². The van der Waals surface area contributed by atoms with Gasteiger partial charge in [0, 0.05) is 36.6 Å². The lowest BCUT2D eigenvalue weighted by Crippen LogP contribution is -2.35. The van der Waals surface area contributed by atoms with Crippen LogP contribution in [0, 0.1) is 11.8 Å². The molecule has 2 unspecified atom stereocenters. The Morgan fingerprint density at radius 3 is 2.56 bits per heavy atom. The molecule has 2 heterocycles. The highest BCUT2D eigenvalue weighted by atomic mass is 32.2. The van der Waals surface area contributed by atoms with Gasteiger partial charge in [-0.1, -0.05) is 6.92 Å². The molecule has 6 heteroatoms. The third kappa shape index (κ3) is 3.78. The zero-order valence-electron chi connectivity index (χ0n) is 16.1. The zero-order valence-corrected chi connectivity index (χ0v) is 16.9. The van der Waals surface area contributed by atoms with Crippen LogP contribution in [0.25, 0.3) is 11.3 Å². The number of methoxy groups -OCH3 is 1. The number of ether oxygens (including phenoxy) is 1. The second-order valence-electron chi connectivity index (χ2n) is 7.90. The van der Waals surface area contributed by atoms with Crippen LogP contribution in [-0.2, 0) is 16.4 Å². The smallest absolute Gasteiger partial charge is 0.178 e. The quantitative estimate of drug-likeness (QED) is 0.819. The molecular formula is C21H28N2O3S. The summed E-state index contributed by atoms with van der Waals surface area (Å²) < 4.78 is 30.0. The number of likely N-dealkylation sites (tertiary alicyclic amines) is 1. The molecule has 1 N–H and O–H groups in total. The minimum atomic E-state index is -3.25. The number of aromatic amines is 1.